The van der Waals surface area contributed by atoms with E-state index in [1.165, 1.54) is 24.0 Å². The summed E-state index contributed by atoms with van der Waals surface area (Å²) >= 11 is 0. The molecular formula is C13H19N. The number of hydrogen-bond acceptors (Lipinski definition) is 1. The van der Waals surface area contributed by atoms with Crippen molar-refractivity contribution in [1.82, 2.24) is 5.32 Å². The normalized spacial score (nSPS) is 25.6. The van der Waals surface area contributed by atoms with Gasteiger partial charge in [0, 0.05) is 12.0 Å². The van der Waals surface area contributed by atoms with Crippen molar-refractivity contribution >= 4 is 0 Å². The van der Waals surface area contributed by atoms with Gasteiger partial charge in [-0.05, 0) is 30.5 Å². The van der Waals surface area contributed by atoms with Crippen molar-refractivity contribution in [1.29, 1.82) is 0 Å². The Balaban J connectivity index is 2.29. The average Bonchev–Trinajstić information content (AvgIpc) is 2.42. The zero-order chi connectivity index (χ0) is 10.0. The van der Waals surface area contributed by atoms with Gasteiger partial charge < -0.3 is 5.32 Å². The summed E-state index contributed by atoms with van der Waals surface area (Å²) in [4.78, 5) is 0. The van der Waals surface area contributed by atoms with Crippen LogP contribution < -0.4 is 5.32 Å². The fraction of sp³-hybridized carbons (Fsp3) is 0.538. The molecule has 0 saturated heterocycles. The highest BCUT2D eigenvalue weighted by molar-refractivity contribution is 5.39. The minimum atomic E-state index is 0.214. The van der Waals surface area contributed by atoms with E-state index in [0.717, 1.165) is 13.1 Å². The Labute approximate surface area is 86.6 Å². The maximum atomic E-state index is 3.46. The summed E-state index contributed by atoms with van der Waals surface area (Å²) in [7, 11) is 0. The molecule has 1 aliphatic carbocycles. The van der Waals surface area contributed by atoms with Gasteiger partial charge in [0.15, 0.2) is 0 Å². The second-order valence-corrected chi connectivity index (χ2v) is 4.82. The molecule has 0 radical (unpaired) electrons. The van der Waals surface area contributed by atoms with Crippen molar-refractivity contribution in [2.24, 2.45) is 5.41 Å². The van der Waals surface area contributed by atoms with E-state index in [0.29, 0.717) is 0 Å². The summed E-state index contributed by atoms with van der Waals surface area (Å²) in [6.45, 7) is 6.68. The van der Waals surface area contributed by atoms with Crippen LogP contribution in [0.1, 0.15) is 26.7 Å². The van der Waals surface area contributed by atoms with Gasteiger partial charge in [0.1, 0.15) is 0 Å². The van der Waals surface area contributed by atoms with E-state index in [9.17, 15) is 0 Å². The Kier molecular flexibility index (Phi) is 2.60. The van der Waals surface area contributed by atoms with Crippen LogP contribution in [0.25, 0.3) is 0 Å². The first-order valence-corrected chi connectivity index (χ1v) is 5.49. The molecule has 0 spiro atoms. The number of nitrogens with one attached hydrogen (secondary N) is 1. The van der Waals surface area contributed by atoms with Gasteiger partial charge in [-0.1, -0.05) is 38.2 Å². The molecule has 0 atom stereocenters. The molecule has 0 aromatic heterocycles. The molecule has 14 heavy (non-hydrogen) atoms. The molecule has 76 valence electrons. The predicted molar refractivity (Wildman–Crippen MR) is 61.2 cm³/mol. The van der Waals surface area contributed by atoms with Crippen LogP contribution in [0, 0.1) is 5.41 Å². The third-order valence-corrected chi connectivity index (χ3v) is 2.96. The lowest BCUT2D eigenvalue weighted by atomic mass is 9.93. The molecule has 2 rings (SSSR count). The Hall–Kier alpha value is -0.820. The molecule has 0 amide bonds. The summed E-state index contributed by atoms with van der Waals surface area (Å²) in [6, 6.07) is 0. The molecule has 0 bridgehead atoms. The van der Waals surface area contributed by atoms with E-state index in [1.807, 2.05) is 0 Å². The first-order valence-electron chi connectivity index (χ1n) is 5.49. The van der Waals surface area contributed by atoms with Gasteiger partial charge in [-0.25, -0.2) is 0 Å². The summed E-state index contributed by atoms with van der Waals surface area (Å²) < 4.78 is 0. The maximum Gasteiger partial charge on any atom is 0.0208 e. The van der Waals surface area contributed by atoms with Gasteiger partial charge in [0.2, 0.25) is 0 Å². The van der Waals surface area contributed by atoms with Crippen molar-refractivity contribution < 1.29 is 0 Å². The molecule has 1 aliphatic heterocycles. The van der Waals surface area contributed by atoms with E-state index in [4.69, 9.17) is 0 Å². The van der Waals surface area contributed by atoms with Gasteiger partial charge in [0.25, 0.3) is 0 Å². The lowest BCUT2D eigenvalue weighted by Crippen LogP contribution is -2.15. The van der Waals surface area contributed by atoms with Crippen LogP contribution in [0.15, 0.2) is 35.5 Å². The lowest BCUT2D eigenvalue weighted by molar-refractivity contribution is 0.625. The Morgan fingerprint density at radius 2 is 1.86 bits per heavy atom. The second-order valence-electron chi connectivity index (χ2n) is 4.82. The fourth-order valence-corrected chi connectivity index (χ4v) is 1.94. The summed E-state index contributed by atoms with van der Waals surface area (Å²) in [5, 5.41) is 3.46. The quantitative estimate of drug-likeness (QED) is 0.618. The van der Waals surface area contributed by atoms with Gasteiger partial charge in [-0.3, -0.25) is 0 Å². The van der Waals surface area contributed by atoms with Crippen LogP contribution in [-0.2, 0) is 0 Å². The highest BCUT2D eigenvalue weighted by atomic mass is 14.8. The minimum Gasteiger partial charge on any atom is -0.313 e. The Morgan fingerprint density at radius 1 is 1.14 bits per heavy atom. The van der Waals surface area contributed by atoms with Gasteiger partial charge >= 0.3 is 0 Å². The molecular weight excluding hydrogens is 170 g/mol. The molecule has 1 heteroatoms. The summed E-state index contributed by atoms with van der Waals surface area (Å²) in [6.07, 6.45) is 11.7. The van der Waals surface area contributed by atoms with Gasteiger partial charge in [-0.15, -0.1) is 0 Å². The minimum absolute atomic E-state index is 0.214. The predicted octanol–water partition coefficient (Wildman–Crippen LogP) is 2.82. The number of hydrogen-bond donors (Lipinski definition) is 1. The van der Waals surface area contributed by atoms with E-state index < -0.39 is 0 Å². The van der Waals surface area contributed by atoms with Crippen LogP contribution in [0.2, 0.25) is 0 Å². The highest BCUT2D eigenvalue weighted by Gasteiger charge is 2.15. The Morgan fingerprint density at radius 3 is 2.64 bits per heavy atom. The lowest BCUT2D eigenvalue weighted by Gasteiger charge is -2.12. The largest absolute Gasteiger partial charge is 0.313 e. The first-order chi connectivity index (χ1) is 6.67. The number of allylic oxidation sites excluding steroid dienone is 4. The summed E-state index contributed by atoms with van der Waals surface area (Å²) in [5.74, 6) is 0. The molecule has 1 nitrogen and oxygen atoms in total. The van der Waals surface area contributed by atoms with Crippen molar-refractivity contribution in [2.45, 2.75) is 26.7 Å². The molecule has 0 aromatic carbocycles. The molecule has 0 aromatic rings. The second kappa shape index (κ2) is 3.74. The highest BCUT2D eigenvalue weighted by Crippen LogP contribution is 2.27. The topological polar surface area (TPSA) is 12.0 Å². The molecule has 0 unspecified atom stereocenters. The average molecular weight is 189 g/mol. The van der Waals surface area contributed by atoms with Crippen LogP contribution in [-0.4, -0.2) is 13.1 Å². The smallest absolute Gasteiger partial charge is 0.0208 e. The van der Waals surface area contributed by atoms with Crippen molar-refractivity contribution in [2.75, 3.05) is 13.1 Å². The molecule has 0 saturated carbocycles. The van der Waals surface area contributed by atoms with Crippen LogP contribution in [0.5, 0.6) is 0 Å². The fourth-order valence-electron chi connectivity index (χ4n) is 1.94. The maximum absolute atomic E-state index is 3.46. The van der Waals surface area contributed by atoms with E-state index >= 15 is 0 Å². The first kappa shape index (κ1) is 9.72. The zero-order valence-electron chi connectivity index (χ0n) is 9.14. The Bertz CT molecular complexity index is 277. The monoisotopic (exact) mass is 189 g/mol. The number of rotatable bonds is 0. The summed E-state index contributed by atoms with van der Waals surface area (Å²) in [5.41, 5.74) is 3.22. The zero-order valence-corrected chi connectivity index (χ0v) is 9.14. The van der Waals surface area contributed by atoms with Crippen LogP contribution in [0.4, 0.5) is 0 Å². The van der Waals surface area contributed by atoms with Crippen molar-refractivity contribution in [3.8, 4) is 0 Å². The van der Waals surface area contributed by atoms with Crippen LogP contribution in [0.3, 0.4) is 0 Å². The molecule has 2 aliphatic rings. The SMILES string of the molecule is CC1(C)C=CC2=C(C=C1)CNCCC2. The van der Waals surface area contributed by atoms with E-state index in [-0.39, 0.29) is 5.41 Å². The third-order valence-electron chi connectivity index (χ3n) is 2.96. The molecule has 1 heterocycles. The standard InChI is InChI=1S/C13H19N/c1-13(2)7-5-11-4-3-9-14-10-12(11)6-8-13/h5-8,14H,3-4,9-10H2,1-2H3. The van der Waals surface area contributed by atoms with Crippen molar-refractivity contribution in [3.63, 3.8) is 0 Å². The van der Waals surface area contributed by atoms with E-state index in [1.54, 1.807) is 0 Å². The molecule has 1 N–H and O–H groups in total. The van der Waals surface area contributed by atoms with E-state index in [2.05, 4.69) is 43.5 Å². The molecule has 0 fully saturated rings. The van der Waals surface area contributed by atoms with Crippen molar-refractivity contribution in [3.05, 3.63) is 35.5 Å². The van der Waals surface area contributed by atoms with Gasteiger partial charge in [0.05, 0.1) is 0 Å². The third kappa shape index (κ3) is 2.16. The van der Waals surface area contributed by atoms with Crippen LogP contribution >= 0.6 is 0 Å². The van der Waals surface area contributed by atoms with Gasteiger partial charge in [-0.2, -0.15) is 0 Å².